The Kier molecular flexibility index (Phi) is 6.86. The smallest absolute Gasteiger partial charge is 0.104 e. The van der Waals surface area contributed by atoms with E-state index in [1.165, 1.54) is 19.3 Å². The summed E-state index contributed by atoms with van der Waals surface area (Å²) in [5, 5.41) is 9.13. The number of ether oxygens (including phenoxy) is 4. The standard InChI is InChI=1S/C14H24O5.Y/c1-16-11(5-15)6-18-13-9-2-3-10(4-9)14(13)19-8-12-7-17-12;/h9-15H,2-8H2,1H3;. The second-order valence-corrected chi connectivity index (χ2v) is 5.92. The van der Waals surface area contributed by atoms with Crippen molar-refractivity contribution in [3.05, 3.63) is 0 Å². The molecule has 0 spiro atoms. The van der Waals surface area contributed by atoms with Crippen molar-refractivity contribution in [1.29, 1.82) is 0 Å². The van der Waals surface area contributed by atoms with Crippen molar-refractivity contribution >= 4 is 0 Å². The van der Waals surface area contributed by atoms with E-state index in [0.717, 1.165) is 6.61 Å². The van der Waals surface area contributed by atoms with E-state index >= 15 is 0 Å². The van der Waals surface area contributed by atoms with Gasteiger partial charge in [0.25, 0.3) is 0 Å². The van der Waals surface area contributed by atoms with Gasteiger partial charge in [-0.3, -0.25) is 0 Å². The van der Waals surface area contributed by atoms with Crippen LogP contribution in [0, 0.1) is 11.8 Å². The van der Waals surface area contributed by atoms with Crippen LogP contribution in [0.15, 0.2) is 0 Å². The van der Waals surface area contributed by atoms with Crippen LogP contribution in [0.2, 0.25) is 0 Å². The minimum atomic E-state index is -0.230. The molecule has 5 nitrogen and oxygen atoms in total. The molecule has 1 radical (unpaired) electrons. The number of hydrogen-bond acceptors (Lipinski definition) is 5. The molecule has 6 unspecified atom stereocenters. The van der Waals surface area contributed by atoms with Gasteiger partial charge in [-0.1, -0.05) is 0 Å². The molecule has 2 saturated carbocycles. The topological polar surface area (TPSA) is 60.5 Å². The molecule has 1 saturated heterocycles. The molecule has 1 heterocycles. The Morgan fingerprint density at radius 2 is 1.85 bits per heavy atom. The maximum absolute atomic E-state index is 9.13. The molecule has 20 heavy (non-hydrogen) atoms. The molecule has 113 valence electrons. The van der Waals surface area contributed by atoms with Gasteiger partial charge in [-0.2, -0.15) is 0 Å². The van der Waals surface area contributed by atoms with Crippen molar-refractivity contribution in [3.63, 3.8) is 0 Å². The van der Waals surface area contributed by atoms with E-state index in [1.54, 1.807) is 7.11 Å². The normalized spacial score (nSPS) is 39.6. The summed E-state index contributed by atoms with van der Waals surface area (Å²) in [5.41, 5.74) is 0. The third-order valence-electron chi connectivity index (χ3n) is 4.66. The fourth-order valence-corrected chi connectivity index (χ4v) is 3.44. The van der Waals surface area contributed by atoms with Crippen LogP contribution in [0.3, 0.4) is 0 Å². The maximum atomic E-state index is 9.13. The second-order valence-electron chi connectivity index (χ2n) is 5.92. The third-order valence-corrected chi connectivity index (χ3v) is 4.66. The van der Waals surface area contributed by atoms with Crippen LogP contribution in [0.4, 0.5) is 0 Å². The molecule has 0 aromatic carbocycles. The summed E-state index contributed by atoms with van der Waals surface area (Å²) in [6, 6.07) is 0. The first-order chi connectivity index (χ1) is 9.31. The van der Waals surface area contributed by atoms with E-state index < -0.39 is 0 Å². The SMILES string of the molecule is COC(CO)COC1C2CCC(C2)C1OCC1CO1.[Y]. The first-order valence-electron chi connectivity index (χ1n) is 7.30. The molecule has 1 N–H and O–H groups in total. The Morgan fingerprint density at radius 3 is 2.40 bits per heavy atom. The Hall–Kier alpha value is 0.904. The fourth-order valence-electron chi connectivity index (χ4n) is 3.44. The van der Waals surface area contributed by atoms with Crippen molar-refractivity contribution in [1.82, 2.24) is 0 Å². The molecular weight excluding hydrogens is 337 g/mol. The number of aliphatic hydroxyl groups excluding tert-OH is 1. The van der Waals surface area contributed by atoms with Crippen LogP contribution in [-0.4, -0.2) is 63.1 Å². The molecule has 1 aliphatic heterocycles. The largest absolute Gasteiger partial charge is 0.394 e. The Balaban J connectivity index is 0.00000147. The molecule has 6 atom stereocenters. The van der Waals surface area contributed by atoms with Crippen molar-refractivity contribution in [2.24, 2.45) is 11.8 Å². The van der Waals surface area contributed by atoms with Crippen LogP contribution in [-0.2, 0) is 51.7 Å². The van der Waals surface area contributed by atoms with Crippen LogP contribution in [0.1, 0.15) is 19.3 Å². The van der Waals surface area contributed by atoms with Gasteiger partial charge in [-0.25, -0.2) is 0 Å². The van der Waals surface area contributed by atoms with Crippen molar-refractivity contribution < 1.29 is 56.8 Å². The second kappa shape index (κ2) is 7.95. The van der Waals surface area contributed by atoms with Gasteiger partial charge in [0.05, 0.1) is 38.6 Å². The van der Waals surface area contributed by atoms with Gasteiger partial charge in [-0.15, -0.1) is 0 Å². The van der Waals surface area contributed by atoms with E-state index in [1.807, 2.05) is 0 Å². The first kappa shape index (κ1) is 17.3. The minimum Gasteiger partial charge on any atom is -0.394 e. The van der Waals surface area contributed by atoms with Crippen LogP contribution in [0.25, 0.3) is 0 Å². The number of hydrogen-bond donors (Lipinski definition) is 1. The van der Waals surface area contributed by atoms with Gasteiger partial charge in [0.2, 0.25) is 0 Å². The van der Waals surface area contributed by atoms with E-state index in [4.69, 9.17) is 24.1 Å². The van der Waals surface area contributed by atoms with Crippen molar-refractivity contribution in [2.75, 3.05) is 33.5 Å². The Labute approximate surface area is 145 Å². The molecule has 3 aliphatic rings. The predicted molar refractivity (Wildman–Crippen MR) is 67.9 cm³/mol. The number of rotatable bonds is 8. The zero-order chi connectivity index (χ0) is 13.2. The summed E-state index contributed by atoms with van der Waals surface area (Å²) in [4.78, 5) is 0. The number of fused-ring (bicyclic) bond motifs is 2. The summed E-state index contributed by atoms with van der Waals surface area (Å²) >= 11 is 0. The molecule has 2 aliphatic carbocycles. The molecule has 6 heteroatoms. The van der Waals surface area contributed by atoms with E-state index in [0.29, 0.717) is 31.2 Å². The molecule has 2 bridgehead atoms. The van der Waals surface area contributed by atoms with Crippen molar-refractivity contribution in [3.8, 4) is 0 Å². The van der Waals surface area contributed by atoms with Gasteiger partial charge in [-0.05, 0) is 31.1 Å². The molecule has 0 aromatic heterocycles. The summed E-state index contributed by atoms with van der Waals surface area (Å²) in [5.74, 6) is 1.26. The van der Waals surface area contributed by atoms with Gasteiger partial charge < -0.3 is 24.1 Å². The van der Waals surface area contributed by atoms with Gasteiger partial charge in [0, 0.05) is 39.8 Å². The van der Waals surface area contributed by atoms with Gasteiger partial charge in [0.1, 0.15) is 12.2 Å². The van der Waals surface area contributed by atoms with Crippen LogP contribution in [0.5, 0.6) is 0 Å². The minimum absolute atomic E-state index is 0. The van der Waals surface area contributed by atoms with Crippen molar-refractivity contribution in [2.45, 2.75) is 43.7 Å². The molecule has 3 fully saturated rings. The molecule has 3 rings (SSSR count). The summed E-state index contributed by atoms with van der Waals surface area (Å²) in [6.45, 7) is 1.98. The van der Waals surface area contributed by atoms with E-state index in [2.05, 4.69) is 0 Å². The van der Waals surface area contributed by atoms with Crippen LogP contribution >= 0.6 is 0 Å². The summed E-state index contributed by atoms with van der Waals surface area (Å²) < 4.78 is 22.4. The average molecular weight is 361 g/mol. The van der Waals surface area contributed by atoms with E-state index in [-0.39, 0.29) is 57.6 Å². The Morgan fingerprint density at radius 1 is 1.20 bits per heavy atom. The number of methoxy groups -OCH3 is 1. The average Bonchev–Trinajstić information content (AvgIpc) is 3.05. The fraction of sp³-hybridized carbons (Fsp3) is 1.00. The first-order valence-corrected chi connectivity index (χ1v) is 7.30. The zero-order valence-electron chi connectivity index (χ0n) is 12.1. The predicted octanol–water partition coefficient (Wildman–Crippen LogP) is 0.590. The monoisotopic (exact) mass is 361 g/mol. The van der Waals surface area contributed by atoms with Gasteiger partial charge in [0.15, 0.2) is 0 Å². The molecule has 0 amide bonds. The quantitative estimate of drug-likeness (QED) is 0.642. The zero-order valence-corrected chi connectivity index (χ0v) is 14.9. The maximum Gasteiger partial charge on any atom is 0.104 e. The molecule has 0 aromatic rings. The molecular formula is C14H24O5Y. The number of aliphatic hydroxyl groups is 1. The van der Waals surface area contributed by atoms with Gasteiger partial charge >= 0.3 is 0 Å². The third kappa shape index (κ3) is 4.00. The van der Waals surface area contributed by atoms with E-state index in [9.17, 15) is 0 Å². The number of epoxide rings is 1. The summed E-state index contributed by atoms with van der Waals surface area (Å²) in [7, 11) is 1.60. The van der Waals surface area contributed by atoms with Crippen LogP contribution < -0.4 is 0 Å². The summed E-state index contributed by atoms with van der Waals surface area (Å²) in [6.07, 6.45) is 4.18. The Bertz CT molecular complexity index is 295.